The van der Waals surface area contributed by atoms with Crippen molar-refractivity contribution in [1.29, 1.82) is 5.41 Å². The van der Waals surface area contributed by atoms with E-state index in [1.165, 1.54) is 6.92 Å². The van der Waals surface area contributed by atoms with Gasteiger partial charge in [0.15, 0.2) is 0 Å². The topological polar surface area (TPSA) is 147 Å². The number of imide groups is 1. The van der Waals surface area contributed by atoms with Gasteiger partial charge in [0, 0.05) is 0 Å². The molecule has 0 radical (unpaired) electrons. The molecule has 0 spiro atoms. The largest absolute Gasteiger partial charge is 0.467 e. The Morgan fingerprint density at radius 1 is 0.970 bits per heavy atom. The van der Waals surface area contributed by atoms with E-state index < -0.39 is 41.5 Å². The Bertz CT molecular complexity index is 735. The van der Waals surface area contributed by atoms with Crippen LogP contribution < -0.4 is 0 Å². The molecule has 11 nitrogen and oxygen atoms in total. The molecular weight excluding hydrogens is 434 g/mol. The zero-order valence-corrected chi connectivity index (χ0v) is 21.0. The fraction of sp³-hybridized carbons (Fsp3) is 0.682. The molecule has 0 saturated heterocycles. The number of ether oxygens (including phenoxy) is 3. The van der Waals surface area contributed by atoms with Gasteiger partial charge in [-0.2, -0.15) is 4.90 Å². The molecule has 0 aliphatic rings. The fourth-order valence-electron chi connectivity index (χ4n) is 2.57. The summed E-state index contributed by atoms with van der Waals surface area (Å²) in [6.07, 6.45) is -1.51. The molecule has 11 heteroatoms. The molecule has 0 unspecified atom stereocenters. The molecule has 0 aromatic heterocycles. The number of carboxylic acid groups (broad SMARTS) is 1. The molecule has 0 fully saturated rings. The zero-order valence-electron chi connectivity index (χ0n) is 21.0. The SMILES string of the molecule is COC(=O)[C@H](CC/C=C(\C)CN(C(C)=N)C(=O)O)N(C(=O)OC(C)(C)C)C(=O)OC(C)(C)C. The number of nitrogens with zero attached hydrogens (tertiary/aromatic N) is 2. The standard InChI is InChI=1S/C22H37N3O8/c1-14(13-24(15(2)23)18(27)28)11-10-12-16(17(26)31-9)25(19(29)32-21(3,4)5)20(30)33-22(6,7)8/h11,16,23H,10,12-13H2,1-9H3,(H,27,28)/b14-11+,23-15?/t16-/m0/s1. The van der Waals surface area contributed by atoms with E-state index in [9.17, 15) is 24.3 Å². The predicted molar refractivity (Wildman–Crippen MR) is 121 cm³/mol. The van der Waals surface area contributed by atoms with Gasteiger partial charge in [-0.1, -0.05) is 11.6 Å². The lowest BCUT2D eigenvalue weighted by Gasteiger charge is -2.32. The van der Waals surface area contributed by atoms with E-state index in [-0.39, 0.29) is 25.2 Å². The van der Waals surface area contributed by atoms with Crippen molar-refractivity contribution in [2.24, 2.45) is 0 Å². The lowest BCUT2D eigenvalue weighted by molar-refractivity contribution is -0.146. The van der Waals surface area contributed by atoms with Crippen molar-refractivity contribution in [2.75, 3.05) is 13.7 Å². The molecule has 0 saturated carbocycles. The van der Waals surface area contributed by atoms with Crippen LogP contribution in [0.15, 0.2) is 11.6 Å². The van der Waals surface area contributed by atoms with Crippen molar-refractivity contribution in [2.45, 2.75) is 85.5 Å². The molecule has 33 heavy (non-hydrogen) atoms. The number of hydrogen-bond acceptors (Lipinski definition) is 8. The number of carbonyl (C=O) groups is 4. The second kappa shape index (κ2) is 12.2. The van der Waals surface area contributed by atoms with E-state index in [2.05, 4.69) is 0 Å². The van der Waals surface area contributed by atoms with Crippen LogP contribution in [0.4, 0.5) is 14.4 Å². The summed E-state index contributed by atoms with van der Waals surface area (Å²) in [5, 5.41) is 16.7. The quantitative estimate of drug-likeness (QED) is 0.182. The van der Waals surface area contributed by atoms with E-state index in [1.807, 2.05) is 0 Å². The summed E-state index contributed by atoms with van der Waals surface area (Å²) in [7, 11) is 1.14. The minimum absolute atomic E-state index is 0.0147. The molecule has 1 atom stereocenters. The van der Waals surface area contributed by atoms with Gasteiger partial charge in [0.1, 0.15) is 23.1 Å². The average molecular weight is 472 g/mol. The summed E-state index contributed by atoms with van der Waals surface area (Å²) in [6, 6.07) is -1.33. The van der Waals surface area contributed by atoms with E-state index in [1.54, 1.807) is 54.5 Å². The lowest BCUT2D eigenvalue weighted by Crippen LogP contribution is -2.52. The Morgan fingerprint density at radius 2 is 1.42 bits per heavy atom. The van der Waals surface area contributed by atoms with Crippen LogP contribution in [0.5, 0.6) is 0 Å². The van der Waals surface area contributed by atoms with Gasteiger partial charge in [0.05, 0.1) is 13.7 Å². The van der Waals surface area contributed by atoms with Gasteiger partial charge >= 0.3 is 24.2 Å². The summed E-state index contributed by atoms with van der Waals surface area (Å²) < 4.78 is 15.4. The third-order valence-corrected chi connectivity index (χ3v) is 3.94. The van der Waals surface area contributed by atoms with Crippen LogP contribution in [0.1, 0.15) is 68.2 Å². The van der Waals surface area contributed by atoms with Crippen LogP contribution in [-0.2, 0) is 19.0 Å². The molecule has 0 aliphatic carbocycles. The number of amidine groups is 1. The molecule has 0 aromatic rings. The monoisotopic (exact) mass is 471 g/mol. The van der Waals surface area contributed by atoms with Crippen LogP contribution >= 0.6 is 0 Å². The second-order valence-electron chi connectivity index (χ2n) is 9.45. The van der Waals surface area contributed by atoms with Gasteiger partial charge in [-0.3, -0.25) is 10.3 Å². The van der Waals surface area contributed by atoms with Crippen molar-refractivity contribution in [3.8, 4) is 0 Å². The van der Waals surface area contributed by atoms with Gasteiger partial charge in [0.2, 0.25) is 0 Å². The normalized spacial score (nSPS) is 12.9. The smallest absolute Gasteiger partial charge is 0.420 e. The van der Waals surface area contributed by atoms with Crippen molar-refractivity contribution in [3.63, 3.8) is 0 Å². The highest BCUT2D eigenvalue weighted by molar-refractivity contribution is 5.94. The molecule has 3 amide bonds. The van der Waals surface area contributed by atoms with E-state index in [4.69, 9.17) is 19.6 Å². The molecular formula is C22H37N3O8. The maximum absolute atomic E-state index is 12.8. The highest BCUT2D eigenvalue weighted by Crippen LogP contribution is 2.20. The Morgan fingerprint density at radius 3 is 1.76 bits per heavy atom. The van der Waals surface area contributed by atoms with Gasteiger partial charge in [-0.05, 0) is 68.2 Å². The summed E-state index contributed by atoms with van der Waals surface area (Å²) in [4.78, 5) is 50.9. The molecule has 0 aromatic carbocycles. The summed E-state index contributed by atoms with van der Waals surface area (Å²) in [5.41, 5.74) is -1.24. The average Bonchev–Trinajstić information content (AvgIpc) is 2.60. The molecule has 0 rings (SSSR count). The maximum atomic E-state index is 12.8. The first-order valence-electron chi connectivity index (χ1n) is 10.4. The summed E-state index contributed by atoms with van der Waals surface area (Å²) in [6.45, 7) is 12.7. The Balaban J connectivity index is 5.83. The molecule has 188 valence electrons. The zero-order chi connectivity index (χ0) is 26.1. The fourth-order valence-corrected chi connectivity index (χ4v) is 2.57. The minimum Gasteiger partial charge on any atom is -0.467 e. The number of hydrogen-bond donors (Lipinski definition) is 2. The molecule has 0 heterocycles. The van der Waals surface area contributed by atoms with Gasteiger partial charge in [0.25, 0.3) is 0 Å². The van der Waals surface area contributed by atoms with Crippen molar-refractivity contribution in [3.05, 3.63) is 11.6 Å². The van der Waals surface area contributed by atoms with E-state index in [0.717, 1.165) is 12.0 Å². The van der Waals surface area contributed by atoms with E-state index in [0.29, 0.717) is 10.5 Å². The number of rotatable bonds is 7. The lowest BCUT2D eigenvalue weighted by atomic mass is 10.1. The Kier molecular flexibility index (Phi) is 11.1. The van der Waals surface area contributed by atoms with Crippen molar-refractivity contribution in [1.82, 2.24) is 9.80 Å². The first kappa shape index (κ1) is 29.9. The Hall–Kier alpha value is -3.11. The van der Waals surface area contributed by atoms with Gasteiger partial charge in [-0.25, -0.2) is 19.2 Å². The first-order valence-corrected chi connectivity index (χ1v) is 10.4. The number of nitrogens with one attached hydrogen (secondary N) is 1. The molecule has 2 N–H and O–H groups in total. The third kappa shape index (κ3) is 11.4. The maximum Gasteiger partial charge on any atom is 0.420 e. The van der Waals surface area contributed by atoms with Crippen LogP contribution in [-0.4, -0.2) is 75.9 Å². The number of carbonyl (C=O) groups excluding carboxylic acids is 3. The van der Waals surface area contributed by atoms with Gasteiger partial charge < -0.3 is 19.3 Å². The highest BCUT2D eigenvalue weighted by atomic mass is 16.6. The summed E-state index contributed by atoms with van der Waals surface area (Å²) in [5.74, 6) is -0.969. The minimum atomic E-state index is -1.33. The third-order valence-electron chi connectivity index (χ3n) is 3.94. The molecule has 0 bridgehead atoms. The Labute approximate surface area is 195 Å². The van der Waals surface area contributed by atoms with Crippen LogP contribution in [0.2, 0.25) is 0 Å². The number of allylic oxidation sites excluding steroid dienone is 1. The number of methoxy groups -OCH3 is 1. The highest BCUT2D eigenvalue weighted by Gasteiger charge is 2.40. The van der Waals surface area contributed by atoms with Crippen LogP contribution in [0.25, 0.3) is 0 Å². The summed E-state index contributed by atoms with van der Waals surface area (Å²) >= 11 is 0. The van der Waals surface area contributed by atoms with Crippen molar-refractivity contribution < 1.29 is 38.5 Å². The molecule has 0 aliphatic heterocycles. The van der Waals surface area contributed by atoms with Gasteiger partial charge in [-0.15, -0.1) is 0 Å². The van der Waals surface area contributed by atoms with Crippen LogP contribution in [0, 0.1) is 5.41 Å². The predicted octanol–water partition coefficient (Wildman–Crippen LogP) is 4.40. The van der Waals surface area contributed by atoms with Crippen LogP contribution in [0.3, 0.4) is 0 Å². The van der Waals surface area contributed by atoms with E-state index >= 15 is 0 Å². The first-order chi connectivity index (χ1) is 14.9. The number of amides is 3. The second-order valence-corrected chi connectivity index (χ2v) is 9.45. The van der Waals surface area contributed by atoms with Crippen molar-refractivity contribution >= 4 is 30.1 Å². The number of esters is 1.